The predicted molar refractivity (Wildman–Crippen MR) is 129 cm³/mol. The molecule has 0 saturated carbocycles. The van der Waals surface area contributed by atoms with Gasteiger partial charge in [0.1, 0.15) is 11.5 Å². The fourth-order valence-electron chi connectivity index (χ4n) is 3.20. The summed E-state index contributed by atoms with van der Waals surface area (Å²) in [5.74, 6) is -1.62. The van der Waals surface area contributed by atoms with Gasteiger partial charge in [-0.2, -0.15) is 13.2 Å². The van der Waals surface area contributed by atoms with Gasteiger partial charge < -0.3 is 26.0 Å². The van der Waals surface area contributed by atoms with Crippen molar-refractivity contribution < 1.29 is 37.3 Å². The average Bonchev–Trinajstić information content (AvgIpc) is 2.83. The highest BCUT2D eigenvalue weighted by atomic mass is 19.4. The number of benzene rings is 3. The molecule has 0 aliphatic rings. The molecule has 0 aromatic heterocycles. The van der Waals surface area contributed by atoms with Crippen molar-refractivity contribution in [2.24, 2.45) is 0 Å². The van der Waals surface area contributed by atoms with Crippen LogP contribution in [0.2, 0.25) is 0 Å². The molecule has 0 heterocycles. The zero-order valence-electron chi connectivity index (χ0n) is 18.9. The summed E-state index contributed by atoms with van der Waals surface area (Å²) < 4.78 is 46.5. The highest BCUT2D eigenvalue weighted by molar-refractivity contribution is 5.92. The lowest BCUT2D eigenvalue weighted by molar-refractivity contribution is -0.153. The summed E-state index contributed by atoms with van der Waals surface area (Å²) >= 11 is 0. The molecule has 0 saturated heterocycles. The number of carboxylic acid groups (broad SMARTS) is 1. The summed E-state index contributed by atoms with van der Waals surface area (Å²) in [4.78, 5) is 24.0. The third-order valence-electron chi connectivity index (χ3n) is 5.03. The number of esters is 1. The molecule has 0 amide bonds. The Morgan fingerprint density at radius 3 is 2.17 bits per heavy atom. The molecule has 3 aromatic carbocycles. The van der Waals surface area contributed by atoms with Crippen LogP contribution in [0, 0.1) is 0 Å². The van der Waals surface area contributed by atoms with Crippen LogP contribution in [0.3, 0.4) is 0 Å². The Hall–Kier alpha value is -4.47. The number of rotatable bonds is 9. The van der Waals surface area contributed by atoms with Gasteiger partial charge in [-0.15, -0.1) is 0 Å². The monoisotopic (exact) mass is 500 g/mol. The van der Waals surface area contributed by atoms with Crippen molar-refractivity contribution in [3.05, 3.63) is 89.0 Å². The first-order valence-corrected chi connectivity index (χ1v) is 10.7. The Labute approximate surface area is 204 Å². The van der Waals surface area contributed by atoms with Gasteiger partial charge in [0.15, 0.2) is 6.61 Å². The minimum absolute atomic E-state index is 0.0346. The first kappa shape index (κ1) is 26.1. The molecule has 0 aliphatic heterocycles. The zero-order valence-corrected chi connectivity index (χ0v) is 18.9. The van der Waals surface area contributed by atoms with Crippen molar-refractivity contribution in [1.82, 2.24) is 0 Å². The molecule has 5 N–H and O–H groups in total. The number of carbonyl (C=O) groups is 2. The lowest BCUT2D eigenvalue weighted by Crippen LogP contribution is -2.19. The van der Waals surface area contributed by atoms with Gasteiger partial charge in [0.25, 0.3) is 0 Å². The fraction of sp³-hybridized carbons (Fsp3) is 0.154. The van der Waals surface area contributed by atoms with E-state index < -0.39 is 24.7 Å². The van der Waals surface area contributed by atoms with Crippen molar-refractivity contribution in [2.75, 3.05) is 18.1 Å². The van der Waals surface area contributed by atoms with Gasteiger partial charge in [0.2, 0.25) is 0 Å². The molecule has 10 heteroatoms. The minimum Gasteiger partial charge on any atom is -0.484 e. The number of hydrogen-bond donors (Lipinski definition) is 3. The summed E-state index contributed by atoms with van der Waals surface area (Å²) in [5, 5.41) is 9.57. The molecular weight excluding hydrogens is 477 g/mol. The Bertz CT molecular complexity index is 1250. The normalized spacial score (nSPS) is 11.7. The number of halogens is 3. The highest BCUT2D eigenvalue weighted by Gasteiger charge is 2.28. The Kier molecular flexibility index (Phi) is 8.21. The number of nitrogen functional groups attached to an aromatic ring is 2. The topological polar surface area (TPSA) is 125 Å². The maximum Gasteiger partial charge on any atom is 0.422 e. The third-order valence-corrected chi connectivity index (χ3v) is 5.03. The molecular formula is C26H23F3N2O5. The van der Waals surface area contributed by atoms with Crippen molar-refractivity contribution >= 4 is 29.4 Å². The van der Waals surface area contributed by atoms with Crippen LogP contribution in [0.4, 0.5) is 24.5 Å². The molecule has 0 radical (unpaired) electrons. The number of ether oxygens (including phenoxy) is 2. The van der Waals surface area contributed by atoms with E-state index in [1.807, 2.05) is 0 Å². The number of aryl methyl sites for hydroxylation is 1. The van der Waals surface area contributed by atoms with Crippen LogP contribution in [0.1, 0.15) is 27.9 Å². The molecule has 188 valence electrons. The van der Waals surface area contributed by atoms with E-state index >= 15 is 0 Å². The van der Waals surface area contributed by atoms with Crippen LogP contribution in [0.5, 0.6) is 11.5 Å². The molecule has 0 aliphatic carbocycles. The molecule has 3 rings (SSSR count). The molecule has 0 unspecified atom stereocenters. The number of alkyl halides is 3. The van der Waals surface area contributed by atoms with Gasteiger partial charge in [-0.05, 0) is 84.6 Å². The third kappa shape index (κ3) is 7.79. The molecule has 0 spiro atoms. The van der Waals surface area contributed by atoms with E-state index in [0.29, 0.717) is 23.4 Å². The van der Waals surface area contributed by atoms with Crippen LogP contribution in [-0.4, -0.2) is 29.8 Å². The Morgan fingerprint density at radius 1 is 0.917 bits per heavy atom. The first-order chi connectivity index (χ1) is 17.0. The average molecular weight is 500 g/mol. The standard InChI is InChI=1S/C26H23F3N2O5/c27-26(28,29)15-35-21-10-5-17(6-11-21)25(34)36-22-8-1-16(2-9-22)13-19(24(32)33)4-3-18-14-20(30)7-12-23(18)31/h1-2,5-14H,3-4,15,30-31H2,(H,32,33). The quantitative estimate of drug-likeness (QED) is 0.161. The minimum atomic E-state index is -4.46. The Morgan fingerprint density at radius 2 is 1.56 bits per heavy atom. The van der Waals surface area contributed by atoms with Crippen molar-refractivity contribution in [2.45, 2.75) is 19.0 Å². The van der Waals surface area contributed by atoms with Gasteiger partial charge in [0, 0.05) is 16.9 Å². The summed E-state index contributed by atoms with van der Waals surface area (Å²) in [6.45, 7) is -1.43. The van der Waals surface area contributed by atoms with Crippen LogP contribution in [0.15, 0.2) is 72.3 Å². The van der Waals surface area contributed by atoms with E-state index in [-0.39, 0.29) is 29.1 Å². The largest absolute Gasteiger partial charge is 0.484 e. The first-order valence-electron chi connectivity index (χ1n) is 10.7. The van der Waals surface area contributed by atoms with Crippen molar-refractivity contribution in [3.63, 3.8) is 0 Å². The van der Waals surface area contributed by atoms with E-state index in [9.17, 15) is 27.9 Å². The maximum absolute atomic E-state index is 12.3. The van der Waals surface area contributed by atoms with Gasteiger partial charge in [0.05, 0.1) is 5.56 Å². The second kappa shape index (κ2) is 11.3. The molecule has 0 fully saturated rings. The van der Waals surface area contributed by atoms with Gasteiger partial charge in [-0.3, -0.25) is 0 Å². The van der Waals surface area contributed by atoms with E-state index in [4.69, 9.17) is 16.2 Å². The number of anilines is 2. The van der Waals surface area contributed by atoms with Crippen LogP contribution in [-0.2, 0) is 11.2 Å². The number of hydrogen-bond acceptors (Lipinski definition) is 6. The van der Waals surface area contributed by atoms with Gasteiger partial charge in [-0.1, -0.05) is 12.1 Å². The fourth-order valence-corrected chi connectivity index (χ4v) is 3.20. The van der Waals surface area contributed by atoms with Crippen molar-refractivity contribution in [3.8, 4) is 11.5 Å². The SMILES string of the molecule is Nc1ccc(N)c(CCC(=Cc2ccc(OC(=O)c3ccc(OCC(F)(F)F)cc3)cc2)C(=O)O)c1. The van der Waals surface area contributed by atoms with Crippen LogP contribution >= 0.6 is 0 Å². The van der Waals surface area contributed by atoms with E-state index in [2.05, 4.69) is 4.74 Å². The smallest absolute Gasteiger partial charge is 0.422 e. The predicted octanol–water partition coefficient (Wildman–Crippen LogP) is 5.11. The van der Waals surface area contributed by atoms with E-state index in [1.165, 1.54) is 42.5 Å². The number of carboxylic acids is 1. The second-order valence-electron chi connectivity index (χ2n) is 7.82. The second-order valence-corrected chi connectivity index (χ2v) is 7.82. The lowest BCUT2D eigenvalue weighted by atomic mass is 10.0. The molecule has 0 atom stereocenters. The number of aliphatic carboxylic acids is 1. The summed E-state index contributed by atoms with van der Waals surface area (Å²) in [7, 11) is 0. The molecule has 3 aromatic rings. The summed E-state index contributed by atoms with van der Waals surface area (Å²) in [5.41, 5.74) is 14.4. The highest BCUT2D eigenvalue weighted by Crippen LogP contribution is 2.23. The van der Waals surface area contributed by atoms with E-state index in [1.54, 1.807) is 30.3 Å². The molecule has 36 heavy (non-hydrogen) atoms. The van der Waals surface area contributed by atoms with Crippen LogP contribution < -0.4 is 20.9 Å². The Balaban J connectivity index is 1.62. The lowest BCUT2D eigenvalue weighted by Gasteiger charge is -2.10. The summed E-state index contributed by atoms with van der Waals surface area (Å²) in [6.07, 6.45) is -2.34. The number of nitrogens with two attached hydrogens (primary N) is 2. The number of carbonyl (C=O) groups excluding carboxylic acids is 1. The molecule has 0 bridgehead atoms. The van der Waals surface area contributed by atoms with Gasteiger partial charge >= 0.3 is 18.1 Å². The molecule has 7 nitrogen and oxygen atoms in total. The van der Waals surface area contributed by atoms with Crippen molar-refractivity contribution in [1.29, 1.82) is 0 Å². The van der Waals surface area contributed by atoms with Crippen LogP contribution in [0.25, 0.3) is 6.08 Å². The zero-order chi connectivity index (χ0) is 26.3. The maximum atomic E-state index is 12.3. The summed E-state index contributed by atoms with van der Waals surface area (Å²) in [6, 6.07) is 16.3. The van der Waals surface area contributed by atoms with E-state index in [0.717, 1.165) is 5.56 Å². The van der Waals surface area contributed by atoms with Gasteiger partial charge in [-0.25, -0.2) is 9.59 Å².